The number of aryl methyl sites for hydroxylation is 1. The van der Waals surface area contributed by atoms with Gasteiger partial charge in [-0.3, -0.25) is 0 Å². The quantitative estimate of drug-likeness (QED) is 0.914. The molecule has 1 aromatic carbocycles. The van der Waals surface area contributed by atoms with E-state index >= 15 is 0 Å². The van der Waals surface area contributed by atoms with Crippen LogP contribution in [-0.2, 0) is 0 Å². The first-order chi connectivity index (χ1) is 9.10. The van der Waals surface area contributed by atoms with Crippen LogP contribution in [0.1, 0.15) is 16.1 Å². The second-order valence-corrected chi connectivity index (χ2v) is 3.90. The molecule has 0 aliphatic carbocycles. The Balaban J connectivity index is 2.28. The predicted octanol–water partition coefficient (Wildman–Crippen LogP) is 2.89. The molecule has 0 saturated carbocycles. The zero-order valence-corrected chi connectivity index (χ0v) is 10.6. The van der Waals surface area contributed by atoms with E-state index in [1.165, 1.54) is 0 Å². The van der Waals surface area contributed by atoms with Gasteiger partial charge in [0.2, 0.25) is 5.88 Å². The Bertz CT molecular complexity index is 610. The van der Waals surface area contributed by atoms with Crippen LogP contribution < -0.4 is 9.47 Å². The first-order valence-corrected chi connectivity index (χ1v) is 5.63. The second kappa shape index (κ2) is 5.39. The van der Waals surface area contributed by atoms with Gasteiger partial charge in [-0.15, -0.1) is 0 Å². The van der Waals surface area contributed by atoms with Crippen LogP contribution in [0.5, 0.6) is 17.4 Å². The number of hydrogen-bond donors (Lipinski definition) is 1. The fourth-order valence-electron chi connectivity index (χ4n) is 1.57. The fourth-order valence-corrected chi connectivity index (χ4v) is 1.57. The molecule has 19 heavy (non-hydrogen) atoms. The van der Waals surface area contributed by atoms with Gasteiger partial charge in [-0.05, 0) is 24.6 Å². The molecule has 0 aliphatic rings. The van der Waals surface area contributed by atoms with Gasteiger partial charge in [-0.1, -0.05) is 12.1 Å². The molecule has 5 heteroatoms. The highest BCUT2D eigenvalue weighted by Crippen LogP contribution is 2.24. The molecule has 0 saturated heterocycles. The molecule has 0 bridgehead atoms. The topological polar surface area (TPSA) is 68.7 Å². The maximum Gasteiger partial charge on any atom is 0.354 e. The van der Waals surface area contributed by atoms with Crippen molar-refractivity contribution in [2.75, 3.05) is 7.11 Å². The SMILES string of the molecule is COc1cccc(Oc2ccc(C)c(C(=O)O)n2)c1. The molecule has 0 aliphatic heterocycles. The molecule has 2 rings (SSSR count). The average Bonchev–Trinajstić information content (AvgIpc) is 2.41. The van der Waals surface area contributed by atoms with Crippen molar-refractivity contribution < 1.29 is 19.4 Å². The van der Waals surface area contributed by atoms with Crippen LogP contribution in [0.2, 0.25) is 0 Å². The third kappa shape index (κ3) is 3.01. The number of carboxylic acid groups (broad SMARTS) is 1. The lowest BCUT2D eigenvalue weighted by molar-refractivity contribution is 0.0688. The van der Waals surface area contributed by atoms with Gasteiger partial charge in [-0.2, -0.15) is 0 Å². The van der Waals surface area contributed by atoms with E-state index in [0.717, 1.165) is 0 Å². The van der Waals surface area contributed by atoms with E-state index in [1.807, 2.05) is 0 Å². The van der Waals surface area contributed by atoms with Gasteiger partial charge in [0.1, 0.15) is 11.5 Å². The van der Waals surface area contributed by atoms with Crippen molar-refractivity contribution in [3.8, 4) is 17.4 Å². The minimum Gasteiger partial charge on any atom is -0.497 e. The van der Waals surface area contributed by atoms with E-state index in [0.29, 0.717) is 17.1 Å². The van der Waals surface area contributed by atoms with Crippen molar-refractivity contribution in [2.24, 2.45) is 0 Å². The van der Waals surface area contributed by atoms with Crippen LogP contribution in [0, 0.1) is 6.92 Å². The monoisotopic (exact) mass is 259 g/mol. The summed E-state index contributed by atoms with van der Waals surface area (Å²) in [5, 5.41) is 9.00. The van der Waals surface area contributed by atoms with E-state index in [2.05, 4.69) is 4.98 Å². The normalized spacial score (nSPS) is 10.0. The number of rotatable bonds is 4. The molecule has 5 nitrogen and oxygen atoms in total. The summed E-state index contributed by atoms with van der Waals surface area (Å²) in [6.45, 7) is 1.69. The zero-order valence-electron chi connectivity index (χ0n) is 10.6. The van der Waals surface area contributed by atoms with Gasteiger partial charge in [-0.25, -0.2) is 9.78 Å². The van der Waals surface area contributed by atoms with Gasteiger partial charge in [0, 0.05) is 12.1 Å². The lowest BCUT2D eigenvalue weighted by Crippen LogP contribution is -2.04. The van der Waals surface area contributed by atoms with E-state index in [9.17, 15) is 4.79 Å². The van der Waals surface area contributed by atoms with Crippen LogP contribution in [0.15, 0.2) is 36.4 Å². The molecular formula is C14H13NO4. The second-order valence-electron chi connectivity index (χ2n) is 3.90. The maximum atomic E-state index is 11.0. The van der Waals surface area contributed by atoms with Crippen LogP contribution in [-0.4, -0.2) is 23.2 Å². The number of aromatic carboxylic acids is 1. The lowest BCUT2D eigenvalue weighted by Gasteiger charge is -2.08. The summed E-state index contributed by atoms with van der Waals surface area (Å²) in [5.74, 6) is 0.347. The number of pyridine rings is 1. The van der Waals surface area contributed by atoms with Crippen molar-refractivity contribution >= 4 is 5.97 Å². The highest BCUT2D eigenvalue weighted by atomic mass is 16.5. The summed E-state index contributed by atoms with van der Waals surface area (Å²) in [5.41, 5.74) is 0.575. The first kappa shape index (κ1) is 12.9. The number of aromatic nitrogens is 1. The molecule has 1 aromatic heterocycles. The Morgan fingerprint density at radius 1 is 1.21 bits per heavy atom. The number of methoxy groups -OCH3 is 1. The molecule has 0 fully saturated rings. The Morgan fingerprint density at radius 2 is 1.95 bits per heavy atom. The Hall–Kier alpha value is -2.56. The fraction of sp³-hybridized carbons (Fsp3) is 0.143. The van der Waals surface area contributed by atoms with Crippen molar-refractivity contribution in [2.45, 2.75) is 6.92 Å². The molecule has 1 heterocycles. The first-order valence-electron chi connectivity index (χ1n) is 5.63. The minimum absolute atomic E-state index is 0.0135. The van der Waals surface area contributed by atoms with Crippen LogP contribution in [0.3, 0.4) is 0 Å². The van der Waals surface area contributed by atoms with Gasteiger partial charge in [0.25, 0.3) is 0 Å². The van der Waals surface area contributed by atoms with E-state index < -0.39 is 5.97 Å². The van der Waals surface area contributed by atoms with Gasteiger partial charge in [0.15, 0.2) is 5.69 Å². The Kier molecular flexibility index (Phi) is 3.66. The molecule has 0 unspecified atom stereocenters. The molecule has 98 valence electrons. The summed E-state index contributed by atoms with van der Waals surface area (Å²) >= 11 is 0. The minimum atomic E-state index is -1.08. The van der Waals surface area contributed by atoms with Crippen LogP contribution in [0.4, 0.5) is 0 Å². The Labute approximate surface area is 110 Å². The standard InChI is InChI=1S/C14H13NO4/c1-9-6-7-12(15-13(9)14(16)17)19-11-5-3-4-10(8-11)18-2/h3-8H,1-2H3,(H,16,17). The molecule has 0 spiro atoms. The molecular weight excluding hydrogens is 246 g/mol. The van der Waals surface area contributed by atoms with Crippen molar-refractivity contribution in [3.63, 3.8) is 0 Å². The number of benzene rings is 1. The number of carbonyl (C=O) groups is 1. The largest absolute Gasteiger partial charge is 0.497 e. The van der Waals surface area contributed by atoms with Gasteiger partial charge >= 0.3 is 5.97 Å². The highest BCUT2D eigenvalue weighted by molar-refractivity contribution is 5.87. The van der Waals surface area contributed by atoms with Crippen LogP contribution >= 0.6 is 0 Å². The predicted molar refractivity (Wildman–Crippen MR) is 69.0 cm³/mol. The van der Waals surface area contributed by atoms with E-state index in [-0.39, 0.29) is 11.6 Å². The smallest absolute Gasteiger partial charge is 0.354 e. The number of carboxylic acids is 1. The van der Waals surface area contributed by atoms with Gasteiger partial charge in [0.05, 0.1) is 7.11 Å². The van der Waals surface area contributed by atoms with Crippen molar-refractivity contribution in [1.82, 2.24) is 4.98 Å². The summed E-state index contributed by atoms with van der Waals surface area (Å²) in [7, 11) is 1.56. The van der Waals surface area contributed by atoms with Crippen molar-refractivity contribution in [1.29, 1.82) is 0 Å². The summed E-state index contributed by atoms with van der Waals surface area (Å²) < 4.78 is 10.6. The summed E-state index contributed by atoms with van der Waals surface area (Å²) in [4.78, 5) is 14.9. The zero-order chi connectivity index (χ0) is 13.8. The number of hydrogen-bond acceptors (Lipinski definition) is 4. The van der Waals surface area contributed by atoms with E-state index in [1.54, 1.807) is 50.4 Å². The summed E-state index contributed by atoms with van der Waals surface area (Å²) in [6, 6.07) is 10.3. The molecule has 0 radical (unpaired) electrons. The number of ether oxygens (including phenoxy) is 2. The van der Waals surface area contributed by atoms with E-state index in [4.69, 9.17) is 14.6 Å². The molecule has 1 N–H and O–H groups in total. The third-order valence-corrected chi connectivity index (χ3v) is 2.54. The maximum absolute atomic E-state index is 11.0. The number of nitrogens with zero attached hydrogens (tertiary/aromatic N) is 1. The van der Waals surface area contributed by atoms with Crippen molar-refractivity contribution in [3.05, 3.63) is 47.7 Å². The molecule has 0 atom stereocenters. The third-order valence-electron chi connectivity index (χ3n) is 2.54. The Morgan fingerprint density at radius 3 is 2.63 bits per heavy atom. The lowest BCUT2D eigenvalue weighted by atomic mass is 10.2. The molecule has 2 aromatic rings. The average molecular weight is 259 g/mol. The van der Waals surface area contributed by atoms with Crippen LogP contribution in [0.25, 0.3) is 0 Å². The molecule has 0 amide bonds. The van der Waals surface area contributed by atoms with Gasteiger partial charge < -0.3 is 14.6 Å². The highest BCUT2D eigenvalue weighted by Gasteiger charge is 2.11. The summed E-state index contributed by atoms with van der Waals surface area (Å²) in [6.07, 6.45) is 0.